The Morgan fingerprint density at radius 1 is 1.21 bits per heavy atom. The third-order valence-electron chi connectivity index (χ3n) is 5.48. The maximum Gasteiger partial charge on any atom is 0.288 e. The number of aromatic nitrogens is 3. The zero-order chi connectivity index (χ0) is 23.8. The number of amides is 1. The minimum Gasteiger partial charge on any atom is -0.497 e. The van der Waals surface area contributed by atoms with E-state index >= 15 is 0 Å². The highest BCUT2D eigenvalue weighted by atomic mass is 32.2. The van der Waals surface area contributed by atoms with Crippen molar-refractivity contribution in [2.45, 2.75) is 11.6 Å². The molecule has 2 aromatic heterocycles. The van der Waals surface area contributed by atoms with E-state index in [1.807, 2.05) is 29.2 Å². The largest absolute Gasteiger partial charge is 0.497 e. The molecule has 0 radical (unpaired) electrons. The van der Waals surface area contributed by atoms with Crippen LogP contribution in [0.25, 0.3) is 11.5 Å². The Labute approximate surface area is 196 Å². The second-order valence-electron chi connectivity index (χ2n) is 7.60. The van der Waals surface area contributed by atoms with Crippen molar-refractivity contribution in [1.82, 2.24) is 23.6 Å². The molecule has 2 N–H and O–H groups in total. The minimum absolute atomic E-state index is 0.0510. The SMILES string of the molecule is COc1ccc(-c2nn(CN3CCN(S(=O)(=O)c4cc(C(N)=O)n(C)c4)CC3)c(=S)o2)cc1. The highest BCUT2D eigenvalue weighted by molar-refractivity contribution is 7.89. The molecule has 1 saturated heterocycles. The first kappa shape index (κ1) is 23.2. The molecule has 0 aliphatic carbocycles. The highest BCUT2D eigenvalue weighted by Crippen LogP contribution is 2.22. The van der Waals surface area contributed by atoms with Gasteiger partial charge in [0.1, 0.15) is 16.3 Å². The molecule has 4 rings (SSSR count). The number of rotatable bonds is 7. The number of nitrogens with two attached hydrogens (primary N) is 1. The second kappa shape index (κ2) is 9.09. The zero-order valence-electron chi connectivity index (χ0n) is 18.2. The fraction of sp³-hybridized carbons (Fsp3) is 0.350. The van der Waals surface area contributed by atoms with E-state index in [0.29, 0.717) is 38.7 Å². The van der Waals surface area contributed by atoms with Crippen molar-refractivity contribution in [3.05, 3.63) is 47.1 Å². The summed E-state index contributed by atoms with van der Waals surface area (Å²) in [6, 6.07) is 8.60. The molecule has 11 nitrogen and oxygen atoms in total. The summed E-state index contributed by atoms with van der Waals surface area (Å²) < 4.78 is 41.2. The number of methoxy groups -OCH3 is 1. The highest BCUT2D eigenvalue weighted by Gasteiger charge is 2.30. The monoisotopic (exact) mass is 492 g/mol. The van der Waals surface area contributed by atoms with E-state index in [4.69, 9.17) is 27.1 Å². The molecule has 1 aromatic carbocycles. The van der Waals surface area contributed by atoms with Gasteiger partial charge in [0.05, 0.1) is 13.8 Å². The third kappa shape index (κ3) is 4.71. The van der Waals surface area contributed by atoms with Crippen LogP contribution in [0.1, 0.15) is 10.5 Å². The van der Waals surface area contributed by atoms with E-state index in [-0.39, 0.29) is 15.4 Å². The van der Waals surface area contributed by atoms with E-state index in [0.717, 1.165) is 11.3 Å². The van der Waals surface area contributed by atoms with E-state index in [1.165, 1.54) is 21.1 Å². The van der Waals surface area contributed by atoms with Crippen LogP contribution in [0.15, 0.2) is 45.8 Å². The van der Waals surface area contributed by atoms with Gasteiger partial charge in [0.25, 0.3) is 10.7 Å². The van der Waals surface area contributed by atoms with Crippen molar-refractivity contribution in [2.24, 2.45) is 12.8 Å². The molecule has 3 heterocycles. The lowest BCUT2D eigenvalue weighted by atomic mass is 10.2. The first-order chi connectivity index (χ1) is 15.7. The number of primary amides is 1. The predicted molar refractivity (Wildman–Crippen MR) is 122 cm³/mol. The first-order valence-electron chi connectivity index (χ1n) is 10.1. The molecule has 3 aromatic rings. The molecule has 1 aliphatic heterocycles. The van der Waals surface area contributed by atoms with Gasteiger partial charge in [-0.15, -0.1) is 5.10 Å². The number of nitrogens with zero attached hydrogens (tertiary/aromatic N) is 5. The van der Waals surface area contributed by atoms with Gasteiger partial charge in [0.15, 0.2) is 0 Å². The van der Waals surface area contributed by atoms with Gasteiger partial charge < -0.3 is 19.5 Å². The van der Waals surface area contributed by atoms with Gasteiger partial charge in [0, 0.05) is 45.0 Å². The van der Waals surface area contributed by atoms with Gasteiger partial charge in [-0.05, 0) is 42.5 Å². The third-order valence-corrected chi connectivity index (χ3v) is 7.64. The number of carbonyl (C=O) groups is 1. The number of carbonyl (C=O) groups excluding carboxylic acids is 1. The number of sulfonamides is 1. The zero-order valence-corrected chi connectivity index (χ0v) is 19.8. The molecule has 0 spiro atoms. The molecule has 1 amide bonds. The van der Waals surface area contributed by atoms with Crippen molar-refractivity contribution in [1.29, 1.82) is 0 Å². The molecule has 0 saturated carbocycles. The predicted octanol–water partition coefficient (Wildman–Crippen LogP) is 1.28. The van der Waals surface area contributed by atoms with Crippen LogP contribution in [0.4, 0.5) is 0 Å². The summed E-state index contributed by atoms with van der Waals surface area (Å²) >= 11 is 5.31. The van der Waals surface area contributed by atoms with Crippen LogP contribution < -0.4 is 10.5 Å². The van der Waals surface area contributed by atoms with Crippen molar-refractivity contribution < 1.29 is 22.4 Å². The van der Waals surface area contributed by atoms with E-state index in [1.54, 1.807) is 18.8 Å². The van der Waals surface area contributed by atoms with Gasteiger partial charge >= 0.3 is 0 Å². The van der Waals surface area contributed by atoms with E-state index < -0.39 is 15.9 Å². The summed E-state index contributed by atoms with van der Waals surface area (Å²) in [4.78, 5) is 13.8. The van der Waals surface area contributed by atoms with Crippen LogP contribution in [0.2, 0.25) is 0 Å². The molecule has 0 bridgehead atoms. The maximum atomic E-state index is 13.0. The molecule has 1 fully saturated rings. The van der Waals surface area contributed by atoms with E-state index in [2.05, 4.69) is 5.10 Å². The summed E-state index contributed by atoms with van der Waals surface area (Å²) in [5.41, 5.74) is 6.21. The van der Waals surface area contributed by atoms with Crippen LogP contribution in [-0.4, -0.2) is 71.2 Å². The molecular formula is C20H24N6O5S2. The Morgan fingerprint density at radius 3 is 2.45 bits per heavy atom. The normalized spacial score (nSPS) is 15.6. The van der Waals surface area contributed by atoms with Crippen LogP contribution in [0.3, 0.4) is 0 Å². The minimum atomic E-state index is -3.73. The summed E-state index contributed by atoms with van der Waals surface area (Å²) in [6.07, 6.45) is 1.40. The average molecular weight is 493 g/mol. The first-order valence-corrected chi connectivity index (χ1v) is 11.9. The lowest BCUT2D eigenvalue weighted by Gasteiger charge is -2.33. The maximum absolute atomic E-state index is 13.0. The molecular weight excluding hydrogens is 468 g/mol. The number of hydrogen-bond acceptors (Lipinski definition) is 8. The molecule has 33 heavy (non-hydrogen) atoms. The molecule has 0 atom stereocenters. The standard InChI is InChI=1S/C20H24N6O5S2/c1-23-12-16(11-17(23)18(21)27)33(28,29)25-9-7-24(8-10-25)13-26-20(32)31-19(22-26)14-3-5-15(30-2)6-4-14/h3-6,11-12H,7-10,13H2,1-2H3,(H2,21,27). The number of ether oxygens (including phenoxy) is 1. The Kier molecular flexibility index (Phi) is 6.38. The summed E-state index contributed by atoms with van der Waals surface area (Å²) in [5, 5.41) is 4.46. The van der Waals surface area contributed by atoms with Gasteiger partial charge in [-0.3, -0.25) is 9.69 Å². The van der Waals surface area contributed by atoms with Crippen molar-refractivity contribution >= 4 is 28.1 Å². The van der Waals surface area contributed by atoms with Gasteiger partial charge in [0.2, 0.25) is 15.9 Å². The Bertz CT molecular complexity index is 1320. The molecule has 176 valence electrons. The Balaban J connectivity index is 1.41. The van der Waals surface area contributed by atoms with E-state index in [9.17, 15) is 13.2 Å². The summed E-state index contributed by atoms with van der Waals surface area (Å²) in [5.74, 6) is 0.450. The number of benzene rings is 1. The van der Waals surface area contributed by atoms with Crippen molar-refractivity contribution in [3.8, 4) is 17.2 Å². The lowest BCUT2D eigenvalue weighted by Crippen LogP contribution is -2.48. The second-order valence-corrected chi connectivity index (χ2v) is 9.89. The Hall–Kier alpha value is -3.00. The van der Waals surface area contributed by atoms with Crippen LogP contribution >= 0.6 is 12.2 Å². The average Bonchev–Trinajstić information content (AvgIpc) is 3.37. The summed E-state index contributed by atoms with van der Waals surface area (Å²) in [7, 11) is -0.555. The summed E-state index contributed by atoms with van der Waals surface area (Å²) in [6.45, 7) is 1.94. The van der Waals surface area contributed by atoms with Crippen molar-refractivity contribution in [2.75, 3.05) is 33.3 Å². The number of aryl methyl sites for hydroxylation is 1. The molecule has 0 unspecified atom stereocenters. The van der Waals surface area contributed by atoms with Gasteiger partial charge in [-0.25, -0.2) is 13.1 Å². The van der Waals surface area contributed by atoms with Gasteiger partial charge in [-0.2, -0.15) is 4.31 Å². The topological polar surface area (TPSA) is 129 Å². The molecule has 13 heteroatoms. The fourth-order valence-electron chi connectivity index (χ4n) is 3.62. The number of hydrogen-bond donors (Lipinski definition) is 1. The smallest absolute Gasteiger partial charge is 0.288 e. The number of piperazine rings is 1. The fourth-order valence-corrected chi connectivity index (χ4v) is 5.29. The van der Waals surface area contributed by atoms with Crippen molar-refractivity contribution in [3.63, 3.8) is 0 Å². The quantitative estimate of drug-likeness (QED) is 0.489. The lowest BCUT2D eigenvalue weighted by molar-refractivity contribution is 0.0992. The van der Waals surface area contributed by atoms with Crippen LogP contribution in [-0.2, 0) is 23.7 Å². The van der Waals surface area contributed by atoms with Crippen LogP contribution in [0.5, 0.6) is 5.75 Å². The van der Waals surface area contributed by atoms with Crippen LogP contribution in [0, 0.1) is 4.84 Å². The molecule has 1 aliphatic rings. The van der Waals surface area contributed by atoms with Gasteiger partial charge in [-0.1, -0.05) is 0 Å². The Morgan fingerprint density at radius 2 is 1.88 bits per heavy atom.